The smallest absolute Gasteiger partial charge is 0.277 e. The second-order valence-corrected chi connectivity index (χ2v) is 8.60. The van der Waals surface area contributed by atoms with E-state index in [1.165, 1.54) is 0 Å². The van der Waals surface area contributed by atoms with Crippen LogP contribution in [0.5, 0.6) is 0 Å². The van der Waals surface area contributed by atoms with Gasteiger partial charge < -0.3 is 15.1 Å². The Hall–Kier alpha value is -3.13. The summed E-state index contributed by atoms with van der Waals surface area (Å²) in [6, 6.07) is 16.5. The van der Waals surface area contributed by atoms with Crippen LogP contribution >= 0.6 is 11.8 Å². The molecule has 0 spiro atoms. The molecule has 0 fully saturated rings. The maximum atomic E-state index is 12.6. The van der Waals surface area contributed by atoms with Gasteiger partial charge in [-0.05, 0) is 17.7 Å². The molecule has 3 rings (SSSR count). The van der Waals surface area contributed by atoms with Gasteiger partial charge in [-0.25, -0.2) is 0 Å². The van der Waals surface area contributed by atoms with E-state index in [9.17, 15) is 9.59 Å². The molecule has 0 saturated carbocycles. The van der Waals surface area contributed by atoms with Gasteiger partial charge in [0, 0.05) is 12.0 Å². The number of thioether (sulfide) groups is 1. The van der Waals surface area contributed by atoms with E-state index in [2.05, 4.69) is 20.8 Å². The molecule has 0 saturated heterocycles. The summed E-state index contributed by atoms with van der Waals surface area (Å²) in [5, 5.41) is 14.0. The van der Waals surface area contributed by atoms with Gasteiger partial charge in [0.2, 0.25) is 11.8 Å². The van der Waals surface area contributed by atoms with E-state index in [0.29, 0.717) is 28.9 Å². The quantitative estimate of drug-likeness (QED) is 0.556. The zero-order valence-electron chi connectivity index (χ0n) is 17.1. The molecule has 156 valence electrons. The lowest BCUT2D eigenvalue weighted by molar-refractivity contribution is -0.113. The van der Waals surface area contributed by atoms with Crippen molar-refractivity contribution in [2.45, 2.75) is 38.0 Å². The summed E-state index contributed by atoms with van der Waals surface area (Å²) in [7, 11) is 0. The van der Waals surface area contributed by atoms with Crippen LogP contribution in [-0.2, 0) is 16.8 Å². The van der Waals surface area contributed by atoms with Crippen LogP contribution < -0.4 is 10.6 Å². The minimum Gasteiger partial charge on any atom is -0.415 e. The first kappa shape index (κ1) is 21.6. The third kappa shape index (κ3) is 5.93. The predicted octanol–water partition coefficient (Wildman–Crippen LogP) is 4.03. The Balaban J connectivity index is 1.58. The largest absolute Gasteiger partial charge is 0.415 e. The number of hydrogen-bond acceptors (Lipinski definition) is 6. The van der Waals surface area contributed by atoms with Crippen molar-refractivity contribution < 1.29 is 14.0 Å². The number of rotatable bonds is 7. The molecule has 2 aromatic carbocycles. The zero-order chi connectivity index (χ0) is 21.6. The van der Waals surface area contributed by atoms with E-state index in [1.54, 1.807) is 24.3 Å². The zero-order valence-corrected chi connectivity index (χ0v) is 18.0. The van der Waals surface area contributed by atoms with Gasteiger partial charge in [-0.2, -0.15) is 0 Å². The molecule has 7 nitrogen and oxygen atoms in total. The number of nitrogens with one attached hydrogen (secondary N) is 2. The SMILES string of the molecule is CC(C)(C)c1nnc(SCC(=O)Nc2ccccc2C(=O)NCc2ccccc2)o1. The lowest BCUT2D eigenvalue weighted by Gasteiger charge is -2.11. The molecule has 2 N–H and O–H groups in total. The monoisotopic (exact) mass is 424 g/mol. The highest BCUT2D eigenvalue weighted by molar-refractivity contribution is 7.99. The van der Waals surface area contributed by atoms with E-state index in [0.717, 1.165) is 17.3 Å². The molecule has 2 amide bonds. The van der Waals surface area contributed by atoms with Crippen molar-refractivity contribution in [3.63, 3.8) is 0 Å². The first-order valence-electron chi connectivity index (χ1n) is 9.51. The van der Waals surface area contributed by atoms with Gasteiger partial charge in [0.1, 0.15) is 0 Å². The molecular weight excluding hydrogens is 400 g/mol. The lowest BCUT2D eigenvalue weighted by Crippen LogP contribution is -2.25. The number of benzene rings is 2. The Kier molecular flexibility index (Phi) is 6.89. The fraction of sp³-hybridized carbons (Fsp3) is 0.273. The second kappa shape index (κ2) is 9.58. The highest BCUT2D eigenvalue weighted by Gasteiger charge is 2.22. The average Bonchev–Trinajstić information content (AvgIpc) is 3.21. The number of aromatic nitrogens is 2. The van der Waals surface area contributed by atoms with Crippen molar-refractivity contribution in [3.05, 3.63) is 71.6 Å². The molecule has 3 aromatic rings. The predicted molar refractivity (Wildman–Crippen MR) is 116 cm³/mol. The van der Waals surface area contributed by atoms with Crippen LogP contribution in [0.4, 0.5) is 5.69 Å². The van der Waals surface area contributed by atoms with E-state index in [4.69, 9.17) is 4.42 Å². The second-order valence-electron chi connectivity index (χ2n) is 7.67. The summed E-state index contributed by atoms with van der Waals surface area (Å²) < 4.78 is 5.58. The molecule has 30 heavy (non-hydrogen) atoms. The molecular formula is C22H24N4O3S. The fourth-order valence-corrected chi connectivity index (χ4v) is 3.11. The van der Waals surface area contributed by atoms with Gasteiger partial charge in [0.15, 0.2) is 0 Å². The summed E-state index contributed by atoms with van der Waals surface area (Å²) in [5.41, 5.74) is 1.60. The summed E-state index contributed by atoms with van der Waals surface area (Å²) >= 11 is 1.15. The van der Waals surface area contributed by atoms with Gasteiger partial charge in [0.05, 0.1) is 17.0 Å². The molecule has 1 aromatic heterocycles. The van der Waals surface area contributed by atoms with E-state index in [1.807, 2.05) is 51.1 Å². The van der Waals surface area contributed by atoms with Gasteiger partial charge in [-0.3, -0.25) is 9.59 Å². The van der Waals surface area contributed by atoms with Crippen LogP contribution in [0.2, 0.25) is 0 Å². The molecule has 0 aliphatic carbocycles. The van der Waals surface area contributed by atoms with E-state index >= 15 is 0 Å². The maximum Gasteiger partial charge on any atom is 0.277 e. The van der Waals surface area contributed by atoms with Crippen molar-refractivity contribution in [3.8, 4) is 0 Å². The van der Waals surface area contributed by atoms with Crippen molar-refractivity contribution in [1.82, 2.24) is 15.5 Å². The third-order valence-corrected chi connectivity index (χ3v) is 4.93. The highest BCUT2D eigenvalue weighted by atomic mass is 32.2. The Morgan fingerprint density at radius 2 is 1.70 bits per heavy atom. The number of carbonyl (C=O) groups is 2. The van der Waals surface area contributed by atoms with Crippen molar-refractivity contribution in [2.24, 2.45) is 0 Å². The van der Waals surface area contributed by atoms with Crippen LogP contribution in [0.25, 0.3) is 0 Å². The van der Waals surface area contributed by atoms with Gasteiger partial charge >= 0.3 is 0 Å². The fourth-order valence-electron chi connectivity index (χ4n) is 2.55. The van der Waals surface area contributed by atoms with Gasteiger partial charge in [0.25, 0.3) is 11.1 Å². The molecule has 0 unspecified atom stereocenters. The van der Waals surface area contributed by atoms with Crippen LogP contribution in [0, 0.1) is 0 Å². The summed E-state index contributed by atoms with van der Waals surface area (Å²) in [5.74, 6) is 0.0879. The number of hydrogen-bond donors (Lipinski definition) is 2. The molecule has 0 aliphatic rings. The van der Waals surface area contributed by atoms with Crippen molar-refractivity contribution in [2.75, 3.05) is 11.1 Å². The van der Waals surface area contributed by atoms with Gasteiger partial charge in [-0.15, -0.1) is 10.2 Å². The van der Waals surface area contributed by atoms with Crippen LogP contribution in [0.1, 0.15) is 42.6 Å². The molecule has 0 bridgehead atoms. The van der Waals surface area contributed by atoms with Crippen molar-refractivity contribution >= 4 is 29.3 Å². The summed E-state index contributed by atoms with van der Waals surface area (Å²) in [4.78, 5) is 25.0. The number of amides is 2. The van der Waals surface area contributed by atoms with Crippen molar-refractivity contribution in [1.29, 1.82) is 0 Å². The number of anilines is 1. The van der Waals surface area contributed by atoms with Gasteiger partial charge in [-0.1, -0.05) is 75.0 Å². The molecule has 0 aliphatic heterocycles. The van der Waals surface area contributed by atoms with Crippen LogP contribution in [0.15, 0.2) is 64.2 Å². The average molecular weight is 425 g/mol. The first-order valence-corrected chi connectivity index (χ1v) is 10.5. The third-order valence-electron chi connectivity index (χ3n) is 4.12. The number of carbonyl (C=O) groups excluding carboxylic acids is 2. The molecule has 0 atom stereocenters. The molecule has 0 radical (unpaired) electrons. The summed E-state index contributed by atoms with van der Waals surface area (Å²) in [6.45, 7) is 6.33. The molecule has 1 heterocycles. The van der Waals surface area contributed by atoms with E-state index < -0.39 is 0 Å². The minimum atomic E-state index is -0.265. The lowest BCUT2D eigenvalue weighted by atomic mass is 9.97. The van der Waals surface area contributed by atoms with E-state index in [-0.39, 0.29) is 23.0 Å². The Labute approximate surface area is 179 Å². The number of para-hydroxylation sites is 1. The number of nitrogens with zero attached hydrogens (tertiary/aromatic N) is 2. The highest BCUT2D eigenvalue weighted by Crippen LogP contribution is 2.25. The standard InChI is InChI=1S/C22H24N4O3S/c1-22(2,3)20-25-26-21(29-20)30-14-18(27)24-17-12-8-7-11-16(17)19(28)23-13-15-9-5-4-6-10-15/h4-12H,13-14H2,1-3H3,(H,23,28)(H,24,27). The normalized spacial score (nSPS) is 11.2. The topological polar surface area (TPSA) is 97.1 Å². The molecule has 8 heteroatoms. The Bertz CT molecular complexity index is 1010. The van der Waals surface area contributed by atoms with Crippen LogP contribution in [-0.4, -0.2) is 27.8 Å². The Morgan fingerprint density at radius 1 is 1.00 bits per heavy atom. The minimum absolute atomic E-state index is 0.0890. The Morgan fingerprint density at radius 3 is 2.40 bits per heavy atom. The van der Waals surface area contributed by atoms with Crippen LogP contribution in [0.3, 0.4) is 0 Å². The first-order chi connectivity index (χ1) is 14.3. The maximum absolute atomic E-state index is 12.6. The summed E-state index contributed by atoms with van der Waals surface area (Å²) in [6.07, 6.45) is 0.